The highest BCUT2D eigenvalue weighted by Gasteiger charge is 2.15. The predicted octanol–water partition coefficient (Wildman–Crippen LogP) is 2.43. The van der Waals surface area contributed by atoms with Gasteiger partial charge < -0.3 is 0 Å². The molecule has 7 nitrogen and oxygen atoms in total. The molecule has 0 fully saturated rings. The van der Waals surface area contributed by atoms with Crippen molar-refractivity contribution < 1.29 is 9.59 Å². The number of hydrogen-bond donors (Lipinski definition) is 1. The molecule has 0 atom stereocenters. The number of tetrazole rings is 1. The third-order valence-electron chi connectivity index (χ3n) is 3.62. The molecule has 1 heterocycles. The maximum absolute atomic E-state index is 12.1. The average molecular weight is 361 g/mol. The van der Waals surface area contributed by atoms with Gasteiger partial charge in [-0.2, -0.15) is 0 Å². The maximum Gasteiger partial charge on any atom is 0.257 e. The van der Waals surface area contributed by atoms with Gasteiger partial charge in [-0.25, -0.2) is 4.68 Å². The second-order valence-corrected chi connectivity index (χ2v) is 7.64. The molecule has 0 spiro atoms. The number of thioether (sulfide) groups is 1. The molecule has 0 bridgehead atoms. The molecule has 0 saturated heterocycles. The normalized spacial score (nSPS) is 11.4. The van der Waals surface area contributed by atoms with Crippen molar-refractivity contribution in [2.75, 3.05) is 5.75 Å². The summed E-state index contributed by atoms with van der Waals surface area (Å²) in [5, 5.41) is 14.4. The van der Waals surface area contributed by atoms with E-state index in [9.17, 15) is 9.59 Å². The third kappa shape index (κ3) is 5.38. The lowest BCUT2D eigenvalue weighted by Crippen LogP contribution is -2.30. The van der Waals surface area contributed by atoms with Gasteiger partial charge in [-0.3, -0.25) is 14.9 Å². The molecule has 0 aliphatic carbocycles. The molecule has 134 valence electrons. The van der Waals surface area contributed by atoms with Crippen molar-refractivity contribution in [3.63, 3.8) is 0 Å². The Morgan fingerprint density at radius 2 is 1.88 bits per heavy atom. The molecule has 2 aromatic rings. The Morgan fingerprint density at radius 3 is 2.48 bits per heavy atom. The zero-order valence-corrected chi connectivity index (χ0v) is 15.8. The van der Waals surface area contributed by atoms with Gasteiger partial charge in [0.1, 0.15) is 0 Å². The van der Waals surface area contributed by atoms with Crippen LogP contribution in [0.1, 0.15) is 50.0 Å². The van der Waals surface area contributed by atoms with Gasteiger partial charge in [0.2, 0.25) is 11.1 Å². The Bertz CT molecular complexity index is 734. The Hall–Kier alpha value is -2.22. The lowest BCUT2D eigenvalue weighted by atomic mass is 9.87. The number of imide groups is 1. The highest BCUT2D eigenvalue weighted by atomic mass is 32.2. The number of aryl methyl sites for hydroxylation is 1. The van der Waals surface area contributed by atoms with Gasteiger partial charge >= 0.3 is 0 Å². The maximum atomic E-state index is 12.1. The molecule has 0 saturated carbocycles. The standard InChI is InChI=1S/C17H23N5O2S/c1-5-22-16(19-20-21-22)25-11-10-14(23)18-15(24)12-6-8-13(9-7-12)17(2,3)4/h6-9H,5,10-11H2,1-4H3,(H,18,23,24). The van der Waals surface area contributed by atoms with E-state index in [1.807, 2.05) is 19.1 Å². The van der Waals surface area contributed by atoms with Gasteiger partial charge in [0.25, 0.3) is 5.91 Å². The van der Waals surface area contributed by atoms with Crippen LogP contribution >= 0.6 is 11.8 Å². The Kier molecular flexibility index (Phi) is 6.30. The lowest BCUT2D eigenvalue weighted by molar-refractivity contribution is -0.119. The average Bonchev–Trinajstić information content (AvgIpc) is 3.01. The van der Waals surface area contributed by atoms with Crippen LogP contribution in [0.15, 0.2) is 29.4 Å². The van der Waals surface area contributed by atoms with Crippen LogP contribution in [-0.2, 0) is 16.8 Å². The number of nitrogens with zero attached hydrogens (tertiary/aromatic N) is 4. The molecule has 2 rings (SSSR count). The Balaban J connectivity index is 1.82. The number of carbonyl (C=O) groups is 2. The summed E-state index contributed by atoms with van der Waals surface area (Å²) in [7, 11) is 0. The largest absolute Gasteiger partial charge is 0.292 e. The summed E-state index contributed by atoms with van der Waals surface area (Å²) >= 11 is 1.39. The van der Waals surface area contributed by atoms with Crippen LogP contribution in [0.4, 0.5) is 0 Å². The van der Waals surface area contributed by atoms with Gasteiger partial charge in [0.05, 0.1) is 0 Å². The van der Waals surface area contributed by atoms with E-state index in [1.165, 1.54) is 11.8 Å². The summed E-state index contributed by atoms with van der Waals surface area (Å²) in [6, 6.07) is 7.32. The fraction of sp³-hybridized carbons (Fsp3) is 0.471. The van der Waals surface area contributed by atoms with Crippen LogP contribution < -0.4 is 5.32 Å². The van der Waals surface area contributed by atoms with E-state index >= 15 is 0 Å². The summed E-state index contributed by atoms with van der Waals surface area (Å²) < 4.78 is 1.66. The van der Waals surface area contributed by atoms with Crippen LogP contribution in [0.3, 0.4) is 0 Å². The third-order valence-corrected chi connectivity index (χ3v) is 4.58. The fourth-order valence-corrected chi connectivity index (χ4v) is 3.00. The first-order valence-electron chi connectivity index (χ1n) is 8.15. The number of rotatable bonds is 6. The SMILES string of the molecule is CCn1nnnc1SCCC(=O)NC(=O)c1ccc(C(C)(C)C)cc1. The predicted molar refractivity (Wildman–Crippen MR) is 96.4 cm³/mol. The second-order valence-electron chi connectivity index (χ2n) is 6.58. The minimum atomic E-state index is -0.381. The Morgan fingerprint density at radius 1 is 1.20 bits per heavy atom. The van der Waals surface area contributed by atoms with E-state index in [4.69, 9.17) is 0 Å². The van der Waals surface area contributed by atoms with Gasteiger partial charge in [-0.15, -0.1) is 5.10 Å². The van der Waals surface area contributed by atoms with Crippen LogP contribution in [0.25, 0.3) is 0 Å². The fourth-order valence-electron chi connectivity index (χ4n) is 2.12. The number of amides is 2. The zero-order chi connectivity index (χ0) is 18.4. The summed E-state index contributed by atoms with van der Waals surface area (Å²) in [4.78, 5) is 24.1. The number of carbonyl (C=O) groups excluding carboxylic acids is 2. The van der Waals surface area contributed by atoms with E-state index in [1.54, 1.807) is 16.8 Å². The van der Waals surface area contributed by atoms with Gasteiger partial charge in [-0.1, -0.05) is 44.7 Å². The number of nitrogens with one attached hydrogen (secondary N) is 1. The molecule has 1 N–H and O–H groups in total. The van der Waals surface area contributed by atoms with Crippen molar-refractivity contribution in [1.82, 2.24) is 25.5 Å². The molecule has 8 heteroatoms. The van der Waals surface area contributed by atoms with Crippen molar-refractivity contribution >= 4 is 23.6 Å². The van der Waals surface area contributed by atoms with Gasteiger partial charge in [0.15, 0.2) is 0 Å². The smallest absolute Gasteiger partial charge is 0.257 e. The lowest BCUT2D eigenvalue weighted by Gasteiger charge is -2.18. The molecule has 1 aromatic heterocycles. The van der Waals surface area contributed by atoms with E-state index in [2.05, 4.69) is 41.6 Å². The minimum Gasteiger partial charge on any atom is -0.292 e. The summed E-state index contributed by atoms with van der Waals surface area (Å²) in [6.07, 6.45) is 0.215. The van der Waals surface area contributed by atoms with E-state index < -0.39 is 0 Å². The zero-order valence-electron chi connectivity index (χ0n) is 14.9. The topological polar surface area (TPSA) is 89.8 Å². The summed E-state index contributed by atoms with van der Waals surface area (Å²) in [5.41, 5.74) is 1.64. The summed E-state index contributed by atoms with van der Waals surface area (Å²) in [5.74, 6) is -0.190. The summed E-state index contributed by atoms with van der Waals surface area (Å²) in [6.45, 7) is 8.94. The quantitative estimate of drug-likeness (QED) is 0.795. The van der Waals surface area contributed by atoms with Crippen LogP contribution in [0, 0.1) is 0 Å². The molecule has 25 heavy (non-hydrogen) atoms. The van der Waals surface area contributed by atoms with Crippen molar-refractivity contribution in [1.29, 1.82) is 0 Å². The van der Waals surface area contributed by atoms with Crippen molar-refractivity contribution in [2.24, 2.45) is 0 Å². The van der Waals surface area contributed by atoms with Crippen molar-refractivity contribution in [2.45, 2.75) is 51.2 Å². The van der Waals surface area contributed by atoms with Crippen molar-refractivity contribution in [3.8, 4) is 0 Å². The van der Waals surface area contributed by atoms with E-state index in [-0.39, 0.29) is 23.7 Å². The minimum absolute atomic E-state index is 0.0238. The van der Waals surface area contributed by atoms with Crippen LogP contribution in [0.5, 0.6) is 0 Å². The first-order chi connectivity index (χ1) is 11.8. The van der Waals surface area contributed by atoms with Crippen molar-refractivity contribution in [3.05, 3.63) is 35.4 Å². The first kappa shape index (κ1) is 19.1. The first-order valence-corrected chi connectivity index (χ1v) is 9.13. The molecule has 0 unspecified atom stereocenters. The monoisotopic (exact) mass is 361 g/mol. The number of benzene rings is 1. The van der Waals surface area contributed by atoms with Gasteiger partial charge in [0, 0.05) is 24.3 Å². The molecular weight excluding hydrogens is 338 g/mol. The number of hydrogen-bond acceptors (Lipinski definition) is 6. The van der Waals surface area contributed by atoms with Gasteiger partial charge in [-0.05, 0) is 40.5 Å². The molecule has 0 aliphatic rings. The van der Waals surface area contributed by atoms with Crippen LogP contribution in [-0.4, -0.2) is 37.8 Å². The molecule has 0 radical (unpaired) electrons. The second kappa shape index (κ2) is 8.24. The highest BCUT2D eigenvalue weighted by molar-refractivity contribution is 7.99. The van der Waals surface area contributed by atoms with E-state index in [0.717, 1.165) is 5.56 Å². The molecule has 1 aromatic carbocycles. The number of aromatic nitrogens is 4. The molecule has 0 aliphatic heterocycles. The highest BCUT2D eigenvalue weighted by Crippen LogP contribution is 2.22. The molecular formula is C17H23N5O2S. The molecule has 2 amide bonds. The van der Waals surface area contributed by atoms with E-state index in [0.29, 0.717) is 23.0 Å². The van der Waals surface area contributed by atoms with Crippen LogP contribution in [0.2, 0.25) is 0 Å². The Labute approximate surface area is 151 Å².